The number of hydrogen-bond donors (Lipinski definition) is 1. The third kappa shape index (κ3) is 5.95. The first-order valence-corrected chi connectivity index (χ1v) is 7.97. The second-order valence-electron chi connectivity index (χ2n) is 3.86. The van der Waals surface area contributed by atoms with Gasteiger partial charge in [-0.2, -0.15) is 0 Å². The molecule has 1 N–H and O–H groups in total. The van der Waals surface area contributed by atoms with Crippen LogP contribution in [0.25, 0.3) is 0 Å². The summed E-state index contributed by atoms with van der Waals surface area (Å²) in [6.45, 7) is 0. The molecule has 0 atom stereocenters. The van der Waals surface area contributed by atoms with Gasteiger partial charge < -0.3 is 4.55 Å². The summed E-state index contributed by atoms with van der Waals surface area (Å²) in [5.74, 6) is 0. The maximum atomic E-state index is 10.9. The smallest absolute Gasteiger partial charge is 0.748 e. The zero-order chi connectivity index (χ0) is 11.7. The van der Waals surface area contributed by atoms with E-state index < -0.39 is 25.4 Å². The van der Waals surface area contributed by atoms with E-state index in [1.165, 1.54) is 0 Å². The van der Waals surface area contributed by atoms with Gasteiger partial charge in [0.15, 0.2) is 0 Å². The molecule has 1 aliphatic carbocycles. The Morgan fingerprint density at radius 1 is 1.06 bits per heavy atom. The molecule has 1 saturated carbocycles. The fourth-order valence-electron chi connectivity index (χ4n) is 1.77. The fraction of sp³-hybridized carbons (Fsp3) is 1.00. The van der Waals surface area contributed by atoms with Crippen LogP contribution in [0.15, 0.2) is 0 Å². The topological polar surface area (TPSA) is 103 Å². The van der Waals surface area contributed by atoms with Crippen LogP contribution in [-0.2, 0) is 20.1 Å². The molecule has 90 valence electrons. The van der Waals surface area contributed by atoms with Gasteiger partial charge in [-0.05, 0) is 25.7 Å². The minimum Gasteiger partial charge on any atom is -0.748 e. The molecule has 6 nitrogen and oxygen atoms in total. The van der Waals surface area contributed by atoms with Crippen molar-refractivity contribution >= 4 is 20.1 Å². The Kier molecular flexibility index (Phi) is 6.44. The van der Waals surface area contributed by atoms with Gasteiger partial charge >= 0.3 is 29.6 Å². The summed E-state index contributed by atoms with van der Waals surface area (Å²) >= 11 is 0. The van der Waals surface area contributed by atoms with Crippen molar-refractivity contribution in [3.8, 4) is 0 Å². The Hall–Kier alpha value is 0.820. The predicted octanol–water partition coefficient (Wildman–Crippen LogP) is -3.60. The largest absolute Gasteiger partial charge is 1.00 e. The Balaban J connectivity index is 0.00000225. The minimum atomic E-state index is -4.22. The number of rotatable bonds is 3. The van der Waals surface area contributed by atoms with Crippen molar-refractivity contribution in [2.24, 2.45) is 0 Å². The van der Waals surface area contributed by atoms with Gasteiger partial charge in [0.1, 0.15) is 0 Å². The molecule has 0 heterocycles. The SMILES string of the molecule is CS(=O)(=O)NC1CCC(S(=O)(=O)[O-])CC1.[Na+]. The van der Waals surface area contributed by atoms with Crippen LogP contribution in [0.1, 0.15) is 25.7 Å². The van der Waals surface area contributed by atoms with E-state index in [0.29, 0.717) is 12.8 Å². The first-order valence-electron chi connectivity index (χ1n) is 4.60. The molecule has 1 fully saturated rings. The quantitative estimate of drug-likeness (QED) is 0.424. The van der Waals surface area contributed by atoms with Gasteiger partial charge in [0.25, 0.3) is 0 Å². The number of sulfonamides is 1. The van der Waals surface area contributed by atoms with Crippen LogP contribution >= 0.6 is 0 Å². The second-order valence-corrected chi connectivity index (χ2v) is 7.29. The van der Waals surface area contributed by atoms with Crippen LogP contribution in [0.2, 0.25) is 0 Å². The molecule has 0 radical (unpaired) electrons. The molecule has 9 heteroatoms. The van der Waals surface area contributed by atoms with Gasteiger partial charge in [-0.3, -0.25) is 0 Å². The molecule has 0 saturated heterocycles. The van der Waals surface area contributed by atoms with Gasteiger partial charge in [0, 0.05) is 11.3 Å². The summed E-state index contributed by atoms with van der Waals surface area (Å²) in [6.07, 6.45) is 2.33. The average molecular weight is 279 g/mol. The van der Waals surface area contributed by atoms with Gasteiger partial charge in [0.2, 0.25) is 10.0 Å². The molecule has 0 amide bonds. The first-order chi connectivity index (χ1) is 6.68. The van der Waals surface area contributed by atoms with E-state index in [-0.39, 0.29) is 48.4 Å². The summed E-state index contributed by atoms with van der Waals surface area (Å²) in [7, 11) is -7.47. The van der Waals surface area contributed by atoms with Crippen molar-refractivity contribution < 1.29 is 50.9 Å². The zero-order valence-electron chi connectivity index (χ0n) is 9.34. The maximum Gasteiger partial charge on any atom is 1.00 e. The first kappa shape index (κ1) is 16.8. The Bertz CT molecular complexity index is 410. The van der Waals surface area contributed by atoms with Gasteiger partial charge in [0.05, 0.1) is 16.4 Å². The van der Waals surface area contributed by atoms with Crippen molar-refractivity contribution in [1.29, 1.82) is 0 Å². The molecule has 0 unspecified atom stereocenters. The summed E-state index contributed by atoms with van der Waals surface area (Å²) in [5.41, 5.74) is 0. The summed E-state index contributed by atoms with van der Waals surface area (Å²) < 4.78 is 56.2. The minimum absolute atomic E-state index is 0. The molecule has 0 spiro atoms. The van der Waals surface area contributed by atoms with E-state index >= 15 is 0 Å². The molecular weight excluding hydrogens is 265 g/mol. The molecular formula is C7H14NNaO5S2. The van der Waals surface area contributed by atoms with Crippen LogP contribution < -0.4 is 34.3 Å². The summed E-state index contributed by atoms with van der Waals surface area (Å²) in [6, 6.07) is -0.238. The normalized spacial score (nSPS) is 27.1. The van der Waals surface area contributed by atoms with E-state index in [2.05, 4.69) is 4.72 Å². The van der Waals surface area contributed by atoms with Crippen molar-refractivity contribution in [3.63, 3.8) is 0 Å². The van der Waals surface area contributed by atoms with Crippen LogP contribution in [-0.4, -0.2) is 38.9 Å². The fourth-order valence-corrected chi connectivity index (χ4v) is 3.46. The zero-order valence-corrected chi connectivity index (χ0v) is 13.0. The molecule has 0 aromatic carbocycles. The van der Waals surface area contributed by atoms with Gasteiger partial charge in [-0.25, -0.2) is 21.6 Å². The number of nitrogens with one attached hydrogen (secondary N) is 1. The van der Waals surface area contributed by atoms with Crippen LogP contribution in [0.5, 0.6) is 0 Å². The Labute approximate surface area is 118 Å². The Morgan fingerprint density at radius 2 is 1.50 bits per heavy atom. The monoisotopic (exact) mass is 279 g/mol. The van der Waals surface area contributed by atoms with Gasteiger partial charge in [-0.1, -0.05) is 0 Å². The standard InChI is InChI=1S/C7H15NO5S2.Na/c1-14(9,10)8-6-2-4-7(5-3-6)15(11,12)13;/h6-8H,2-5H2,1H3,(H,11,12,13);/q;+1/p-1. The van der Waals surface area contributed by atoms with Crippen molar-refractivity contribution in [3.05, 3.63) is 0 Å². The van der Waals surface area contributed by atoms with E-state index in [0.717, 1.165) is 6.26 Å². The third-order valence-electron chi connectivity index (χ3n) is 2.46. The van der Waals surface area contributed by atoms with E-state index in [4.69, 9.17) is 0 Å². The number of hydrogen-bond acceptors (Lipinski definition) is 5. The van der Waals surface area contributed by atoms with E-state index in [1.807, 2.05) is 0 Å². The van der Waals surface area contributed by atoms with Crippen molar-refractivity contribution in [2.45, 2.75) is 37.0 Å². The van der Waals surface area contributed by atoms with Gasteiger partial charge in [-0.15, -0.1) is 0 Å². The average Bonchev–Trinajstić information content (AvgIpc) is 2.00. The van der Waals surface area contributed by atoms with Crippen LogP contribution in [0, 0.1) is 0 Å². The Morgan fingerprint density at radius 3 is 1.81 bits per heavy atom. The van der Waals surface area contributed by atoms with Crippen molar-refractivity contribution in [2.75, 3.05) is 6.26 Å². The van der Waals surface area contributed by atoms with Crippen molar-refractivity contribution in [1.82, 2.24) is 4.72 Å². The van der Waals surface area contributed by atoms with E-state index in [1.54, 1.807) is 0 Å². The maximum absolute atomic E-state index is 10.9. The second kappa shape index (κ2) is 6.12. The molecule has 0 aliphatic heterocycles. The molecule has 1 aliphatic rings. The van der Waals surface area contributed by atoms with Crippen LogP contribution in [0.3, 0.4) is 0 Å². The predicted molar refractivity (Wildman–Crippen MR) is 53.7 cm³/mol. The molecule has 16 heavy (non-hydrogen) atoms. The summed E-state index contributed by atoms with van der Waals surface area (Å²) in [5, 5.41) is -0.852. The van der Waals surface area contributed by atoms with E-state index in [9.17, 15) is 21.4 Å². The molecule has 0 bridgehead atoms. The summed E-state index contributed by atoms with van der Waals surface area (Å²) in [4.78, 5) is 0. The molecule has 0 aromatic heterocycles. The van der Waals surface area contributed by atoms with Crippen LogP contribution in [0.4, 0.5) is 0 Å². The molecule has 0 aromatic rings. The molecule has 1 rings (SSSR count). The third-order valence-corrected chi connectivity index (χ3v) is 4.51.